The van der Waals surface area contributed by atoms with Gasteiger partial charge in [-0.25, -0.2) is 0 Å². The summed E-state index contributed by atoms with van der Waals surface area (Å²) in [7, 11) is 0. The smallest absolute Gasteiger partial charge is 0.153 e. The SMILES string of the molecule is CC(=CCC(=O)[C@@H]1CCCN1)CCCC(C)CCCC(C)CCCC(C)C. The highest BCUT2D eigenvalue weighted by atomic mass is 16.1. The van der Waals surface area contributed by atoms with Crippen LogP contribution < -0.4 is 5.32 Å². The largest absolute Gasteiger partial charge is 0.307 e. The Balaban J connectivity index is 2.04. The number of nitrogens with one attached hydrogen (secondary N) is 1. The Morgan fingerprint density at radius 2 is 1.56 bits per heavy atom. The summed E-state index contributed by atoms with van der Waals surface area (Å²) < 4.78 is 0. The number of hydrogen-bond donors (Lipinski definition) is 1. The molecule has 27 heavy (non-hydrogen) atoms. The second-order valence-electron chi connectivity index (χ2n) is 9.73. The minimum Gasteiger partial charge on any atom is -0.307 e. The van der Waals surface area contributed by atoms with Crippen molar-refractivity contribution in [3.63, 3.8) is 0 Å². The zero-order chi connectivity index (χ0) is 20.1. The molecule has 0 spiro atoms. The molecule has 1 aliphatic rings. The van der Waals surface area contributed by atoms with Crippen LogP contribution in [0.25, 0.3) is 0 Å². The highest BCUT2D eigenvalue weighted by Gasteiger charge is 2.20. The maximum Gasteiger partial charge on any atom is 0.153 e. The maximum absolute atomic E-state index is 12.1. The second-order valence-corrected chi connectivity index (χ2v) is 9.73. The van der Waals surface area contributed by atoms with Crippen LogP contribution in [0.15, 0.2) is 11.6 Å². The van der Waals surface area contributed by atoms with Crippen LogP contribution in [0.5, 0.6) is 0 Å². The van der Waals surface area contributed by atoms with E-state index in [9.17, 15) is 4.79 Å². The Morgan fingerprint density at radius 3 is 2.11 bits per heavy atom. The molecule has 1 N–H and O–H groups in total. The molecule has 158 valence electrons. The Morgan fingerprint density at radius 1 is 0.963 bits per heavy atom. The van der Waals surface area contributed by atoms with E-state index in [0.717, 1.165) is 43.6 Å². The molecule has 0 saturated carbocycles. The third-order valence-electron chi connectivity index (χ3n) is 6.24. The highest BCUT2D eigenvalue weighted by molar-refractivity contribution is 5.85. The van der Waals surface area contributed by atoms with Gasteiger partial charge in [0.25, 0.3) is 0 Å². The molecule has 0 radical (unpaired) electrons. The van der Waals surface area contributed by atoms with Gasteiger partial charge in [-0.1, -0.05) is 84.3 Å². The minimum absolute atomic E-state index is 0.127. The van der Waals surface area contributed by atoms with E-state index in [-0.39, 0.29) is 6.04 Å². The average molecular weight is 378 g/mol. The molecule has 0 bridgehead atoms. The average Bonchev–Trinajstić information content (AvgIpc) is 3.14. The number of ketones is 1. The Hall–Kier alpha value is -0.630. The monoisotopic (exact) mass is 377 g/mol. The van der Waals surface area contributed by atoms with Crippen molar-refractivity contribution in [3.8, 4) is 0 Å². The number of Topliss-reactive ketones (excluding diaryl/α,β-unsaturated/α-hetero) is 1. The molecular formula is C25H47NO. The van der Waals surface area contributed by atoms with Gasteiger partial charge in [0.1, 0.15) is 0 Å². The molecule has 3 atom stereocenters. The van der Waals surface area contributed by atoms with Crippen molar-refractivity contribution < 1.29 is 4.79 Å². The lowest BCUT2D eigenvalue weighted by Gasteiger charge is -2.15. The van der Waals surface area contributed by atoms with Crippen LogP contribution in [0, 0.1) is 17.8 Å². The number of carbonyl (C=O) groups excluding carboxylic acids is 1. The van der Waals surface area contributed by atoms with Gasteiger partial charge in [0, 0.05) is 6.42 Å². The lowest BCUT2D eigenvalue weighted by atomic mass is 9.91. The summed E-state index contributed by atoms with van der Waals surface area (Å²) in [4.78, 5) is 12.1. The van der Waals surface area contributed by atoms with Crippen LogP contribution in [0.3, 0.4) is 0 Å². The fraction of sp³-hybridized carbons (Fsp3) is 0.880. The normalized spacial score (nSPS) is 20.2. The first-order valence-electron chi connectivity index (χ1n) is 11.8. The number of rotatable bonds is 15. The molecule has 1 saturated heterocycles. The molecule has 2 heteroatoms. The Kier molecular flexibility index (Phi) is 13.0. The van der Waals surface area contributed by atoms with Gasteiger partial charge in [-0.05, 0) is 56.9 Å². The van der Waals surface area contributed by atoms with Crippen molar-refractivity contribution in [2.24, 2.45) is 17.8 Å². The fourth-order valence-corrected chi connectivity index (χ4v) is 4.19. The summed E-state index contributed by atoms with van der Waals surface area (Å²) in [5.74, 6) is 2.97. The van der Waals surface area contributed by atoms with Gasteiger partial charge in [0.2, 0.25) is 0 Å². The standard InChI is InChI=1S/C25H47NO/c1-20(2)10-6-11-21(3)12-7-13-22(4)14-8-15-23(5)17-18-25(27)24-16-9-19-26-24/h17,20-22,24,26H,6-16,18-19H2,1-5H3/t21?,22?,24-/m0/s1. The number of carbonyl (C=O) groups is 1. The topological polar surface area (TPSA) is 29.1 Å². The van der Waals surface area contributed by atoms with Crippen molar-refractivity contribution in [2.75, 3.05) is 6.54 Å². The first-order chi connectivity index (χ1) is 12.9. The summed E-state index contributed by atoms with van der Waals surface area (Å²) in [5.41, 5.74) is 1.40. The summed E-state index contributed by atoms with van der Waals surface area (Å²) in [6.07, 6.45) is 17.1. The van der Waals surface area contributed by atoms with Crippen molar-refractivity contribution in [1.29, 1.82) is 0 Å². The summed E-state index contributed by atoms with van der Waals surface area (Å²) in [6.45, 7) is 12.7. The Labute approximate surface area is 170 Å². The number of allylic oxidation sites excluding steroid dienone is 2. The van der Waals surface area contributed by atoms with Gasteiger partial charge >= 0.3 is 0 Å². The van der Waals surface area contributed by atoms with E-state index < -0.39 is 0 Å². The van der Waals surface area contributed by atoms with Crippen molar-refractivity contribution in [3.05, 3.63) is 11.6 Å². The molecule has 0 aliphatic carbocycles. The molecule has 1 rings (SSSR count). The molecule has 1 aliphatic heterocycles. The zero-order valence-electron chi connectivity index (χ0n) is 19.0. The summed E-state index contributed by atoms with van der Waals surface area (Å²) in [6, 6.07) is 0.127. The fourth-order valence-electron chi connectivity index (χ4n) is 4.19. The predicted octanol–water partition coefficient (Wildman–Crippen LogP) is 7.08. The van der Waals surface area contributed by atoms with E-state index in [1.807, 2.05) is 0 Å². The van der Waals surface area contributed by atoms with Gasteiger partial charge in [-0.3, -0.25) is 4.79 Å². The van der Waals surface area contributed by atoms with Crippen LogP contribution in [0.2, 0.25) is 0 Å². The quantitative estimate of drug-likeness (QED) is 0.309. The second kappa shape index (κ2) is 14.4. The van der Waals surface area contributed by atoms with Gasteiger partial charge in [-0.15, -0.1) is 0 Å². The van der Waals surface area contributed by atoms with Gasteiger partial charge in [0.05, 0.1) is 6.04 Å². The third kappa shape index (κ3) is 12.4. The zero-order valence-corrected chi connectivity index (χ0v) is 19.0. The van der Waals surface area contributed by atoms with Crippen LogP contribution in [0.1, 0.15) is 112 Å². The van der Waals surface area contributed by atoms with Gasteiger partial charge in [-0.2, -0.15) is 0 Å². The van der Waals surface area contributed by atoms with E-state index >= 15 is 0 Å². The molecule has 1 heterocycles. The third-order valence-corrected chi connectivity index (χ3v) is 6.24. The van der Waals surface area contributed by atoms with Gasteiger partial charge in [0.15, 0.2) is 5.78 Å². The van der Waals surface area contributed by atoms with E-state index in [0.29, 0.717) is 12.2 Å². The van der Waals surface area contributed by atoms with E-state index in [1.165, 1.54) is 56.9 Å². The predicted molar refractivity (Wildman–Crippen MR) is 119 cm³/mol. The van der Waals surface area contributed by atoms with Crippen molar-refractivity contribution in [1.82, 2.24) is 5.32 Å². The first-order valence-corrected chi connectivity index (χ1v) is 11.8. The Bertz CT molecular complexity index is 420. The van der Waals surface area contributed by atoms with Crippen molar-refractivity contribution >= 4 is 5.78 Å². The summed E-state index contributed by atoms with van der Waals surface area (Å²) in [5, 5.41) is 3.30. The van der Waals surface area contributed by atoms with Gasteiger partial charge < -0.3 is 5.32 Å². The van der Waals surface area contributed by atoms with E-state index in [1.54, 1.807) is 0 Å². The molecule has 2 unspecified atom stereocenters. The molecule has 0 aromatic carbocycles. The summed E-state index contributed by atoms with van der Waals surface area (Å²) >= 11 is 0. The molecule has 1 fully saturated rings. The molecule has 0 amide bonds. The van der Waals surface area contributed by atoms with Crippen LogP contribution in [0.4, 0.5) is 0 Å². The minimum atomic E-state index is 0.127. The molecule has 2 nitrogen and oxygen atoms in total. The lowest BCUT2D eigenvalue weighted by Crippen LogP contribution is -2.30. The number of hydrogen-bond acceptors (Lipinski definition) is 2. The maximum atomic E-state index is 12.1. The van der Waals surface area contributed by atoms with Crippen LogP contribution in [-0.2, 0) is 4.79 Å². The van der Waals surface area contributed by atoms with Crippen LogP contribution >= 0.6 is 0 Å². The molecular weight excluding hydrogens is 330 g/mol. The van der Waals surface area contributed by atoms with E-state index in [2.05, 4.69) is 46.0 Å². The molecule has 0 aromatic rings. The van der Waals surface area contributed by atoms with Crippen molar-refractivity contribution in [2.45, 2.75) is 118 Å². The first kappa shape index (κ1) is 24.4. The van der Waals surface area contributed by atoms with E-state index in [4.69, 9.17) is 0 Å². The lowest BCUT2D eigenvalue weighted by molar-refractivity contribution is -0.119. The van der Waals surface area contributed by atoms with Crippen LogP contribution in [-0.4, -0.2) is 18.4 Å². The highest BCUT2D eigenvalue weighted by Crippen LogP contribution is 2.22. The molecule has 0 aromatic heterocycles.